The zero-order valence-corrected chi connectivity index (χ0v) is 13.8. The van der Waals surface area contributed by atoms with Crippen LogP contribution >= 0.6 is 0 Å². The number of rotatable bonds is 2. The monoisotopic (exact) mass is 337 g/mol. The maximum absolute atomic E-state index is 14.5. The van der Waals surface area contributed by atoms with Crippen molar-refractivity contribution in [2.45, 2.75) is 31.2 Å². The molecule has 0 aromatic heterocycles. The van der Waals surface area contributed by atoms with E-state index in [0.29, 0.717) is 29.2 Å². The van der Waals surface area contributed by atoms with Gasteiger partial charge in [0.1, 0.15) is 5.82 Å². The maximum Gasteiger partial charge on any atom is 0.335 e. The second kappa shape index (κ2) is 5.32. The van der Waals surface area contributed by atoms with Crippen LogP contribution < -0.4 is 5.32 Å². The first-order valence-electron chi connectivity index (χ1n) is 9.01. The number of benzene rings is 2. The van der Waals surface area contributed by atoms with Crippen molar-refractivity contribution in [1.82, 2.24) is 0 Å². The Balaban J connectivity index is 1.65. The van der Waals surface area contributed by atoms with Crippen LogP contribution in [0.5, 0.6) is 0 Å². The lowest BCUT2D eigenvalue weighted by molar-refractivity contribution is 0.0696. The Labute approximate surface area is 145 Å². The fraction of sp³-hybridized carbons (Fsp3) is 0.381. The molecular formula is C21H20FNO2. The van der Waals surface area contributed by atoms with E-state index < -0.39 is 5.97 Å². The molecule has 2 saturated carbocycles. The molecule has 0 amide bonds. The Bertz CT molecular complexity index is 865. The van der Waals surface area contributed by atoms with E-state index in [0.717, 1.165) is 16.8 Å². The number of carboxylic acids is 1. The molecule has 2 aromatic rings. The van der Waals surface area contributed by atoms with Crippen LogP contribution in [0.4, 0.5) is 10.1 Å². The van der Waals surface area contributed by atoms with Crippen molar-refractivity contribution in [2.75, 3.05) is 5.32 Å². The van der Waals surface area contributed by atoms with E-state index in [-0.39, 0.29) is 11.9 Å². The van der Waals surface area contributed by atoms with Gasteiger partial charge in [0.15, 0.2) is 0 Å². The highest BCUT2D eigenvalue weighted by molar-refractivity contribution is 5.88. The zero-order chi connectivity index (χ0) is 17.1. The summed E-state index contributed by atoms with van der Waals surface area (Å²) in [6.45, 7) is 0. The molecule has 2 aromatic carbocycles. The average molecular weight is 337 g/mol. The summed E-state index contributed by atoms with van der Waals surface area (Å²) >= 11 is 0. The maximum atomic E-state index is 14.5. The SMILES string of the molecule is O=C(O)c1ccc2c(c1)[C@H]1[C@H]3CC[C@@H](C3)[C@@H]1[C@H](c1ccccc1F)N2. The van der Waals surface area contributed by atoms with E-state index in [4.69, 9.17) is 0 Å². The Morgan fingerprint density at radius 3 is 2.68 bits per heavy atom. The van der Waals surface area contributed by atoms with Gasteiger partial charge in [0, 0.05) is 11.3 Å². The predicted octanol–water partition coefficient (Wildman–Crippen LogP) is 4.82. The molecule has 2 N–H and O–H groups in total. The van der Waals surface area contributed by atoms with Crippen molar-refractivity contribution in [3.63, 3.8) is 0 Å². The van der Waals surface area contributed by atoms with Crippen LogP contribution in [0, 0.1) is 23.6 Å². The lowest BCUT2D eigenvalue weighted by Gasteiger charge is -2.43. The molecule has 4 heteroatoms. The fourth-order valence-corrected chi connectivity index (χ4v) is 5.66. The van der Waals surface area contributed by atoms with Crippen molar-refractivity contribution in [3.8, 4) is 0 Å². The number of aromatic carboxylic acids is 1. The molecule has 25 heavy (non-hydrogen) atoms. The van der Waals surface area contributed by atoms with Gasteiger partial charge < -0.3 is 10.4 Å². The third kappa shape index (κ3) is 2.13. The third-order valence-electron chi connectivity index (χ3n) is 6.57. The lowest BCUT2D eigenvalue weighted by Crippen LogP contribution is -2.36. The van der Waals surface area contributed by atoms with E-state index in [9.17, 15) is 14.3 Å². The first-order valence-corrected chi connectivity index (χ1v) is 9.01. The van der Waals surface area contributed by atoms with E-state index in [1.807, 2.05) is 24.3 Å². The van der Waals surface area contributed by atoms with Crippen LogP contribution in [0.25, 0.3) is 0 Å². The number of halogens is 1. The number of carbonyl (C=O) groups is 1. The molecule has 1 heterocycles. The second-order valence-electron chi connectivity index (χ2n) is 7.69. The van der Waals surface area contributed by atoms with Gasteiger partial charge in [-0.3, -0.25) is 0 Å². The second-order valence-corrected chi connectivity index (χ2v) is 7.69. The minimum absolute atomic E-state index is 0.0373. The van der Waals surface area contributed by atoms with Crippen LogP contribution in [0.2, 0.25) is 0 Å². The normalized spacial score (nSPS) is 32.0. The van der Waals surface area contributed by atoms with Gasteiger partial charge in [-0.15, -0.1) is 0 Å². The summed E-state index contributed by atoms with van der Waals surface area (Å²) in [5.41, 5.74) is 3.15. The molecule has 0 saturated heterocycles. The van der Waals surface area contributed by atoms with Crippen molar-refractivity contribution in [2.24, 2.45) is 17.8 Å². The summed E-state index contributed by atoms with van der Waals surface area (Å²) in [6.07, 6.45) is 3.58. The summed E-state index contributed by atoms with van der Waals surface area (Å²) in [5.74, 6) is 0.805. The van der Waals surface area contributed by atoms with Gasteiger partial charge in [-0.2, -0.15) is 0 Å². The number of fused-ring (bicyclic) bond motifs is 7. The number of carboxylic acid groups (broad SMARTS) is 1. The smallest absolute Gasteiger partial charge is 0.335 e. The molecular weight excluding hydrogens is 317 g/mol. The van der Waals surface area contributed by atoms with Gasteiger partial charge in [-0.25, -0.2) is 9.18 Å². The molecule has 2 fully saturated rings. The van der Waals surface area contributed by atoms with Gasteiger partial charge in [0.05, 0.1) is 11.6 Å². The topological polar surface area (TPSA) is 49.3 Å². The molecule has 0 unspecified atom stereocenters. The van der Waals surface area contributed by atoms with Gasteiger partial charge in [-0.05, 0) is 72.8 Å². The van der Waals surface area contributed by atoms with E-state index in [1.54, 1.807) is 12.1 Å². The third-order valence-corrected chi connectivity index (χ3v) is 6.57. The average Bonchev–Trinajstić information content (AvgIpc) is 3.23. The Kier molecular flexibility index (Phi) is 3.18. The van der Waals surface area contributed by atoms with Crippen molar-refractivity contribution >= 4 is 11.7 Å². The van der Waals surface area contributed by atoms with Crippen LogP contribution in [0.15, 0.2) is 42.5 Å². The minimum Gasteiger partial charge on any atom is -0.478 e. The highest BCUT2D eigenvalue weighted by Gasteiger charge is 2.54. The number of nitrogens with one attached hydrogen (secondary N) is 1. The molecule has 3 aliphatic rings. The highest BCUT2D eigenvalue weighted by atomic mass is 19.1. The summed E-state index contributed by atoms with van der Waals surface area (Å²) in [7, 11) is 0. The first-order chi connectivity index (χ1) is 12.1. The minimum atomic E-state index is -0.890. The van der Waals surface area contributed by atoms with E-state index in [2.05, 4.69) is 5.32 Å². The van der Waals surface area contributed by atoms with E-state index >= 15 is 0 Å². The lowest BCUT2D eigenvalue weighted by atomic mass is 9.68. The van der Waals surface area contributed by atoms with E-state index in [1.165, 1.54) is 25.3 Å². The molecule has 5 atom stereocenters. The first kappa shape index (κ1) is 14.9. The Hall–Kier alpha value is -2.36. The van der Waals surface area contributed by atoms with Crippen LogP contribution in [0.3, 0.4) is 0 Å². The molecule has 5 rings (SSSR count). The molecule has 1 aliphatic heterocycles. The molecule has 128 valence electrons. The number of hydrogen-bond acceptors (Lipinski definition) is 2. The van der Waals surface area contributed by atoms with Crippen molar-refractivity contribution in [1.29, 1.82) is 0 Å². The molecule has 0 radical (unpaired) electrons. The van der Waals surface area contributed by atoms with Gasteiger partial charge >= 0.3 is 5.97 Å². The molecule has 2 aliphatic carbocycles. The summed E-state index contributed by atoms with van der Waals surface area (Å²) < 4.78 is 14.5. The summed E-state index contributed by atoms with van der Waals surface area (Å²) in [4.78, 5) is 11.4. The standard InChI is InChI=1S/C21H20FNO2/c22-16-4-2-1-3-14(16)20-19-12-6-5-11(9-12)18(19)15-10-13(21(24)25)7-8-17(15)23-20/h1-4,7-8,10-12,18-20,23H,5-6,9H2,(H,24,25)/t11-,12-,18+,19-,20-/m0/s1. The van der Waals surface area contributed by atoms with Crippen LogP contribution in [0.1, 0.15) is 52.7 Å². The quantitative estimate of drug-likeness (QED) is 0.826. The van der Waals surface area contributed by atoms with Crippen molar-refractivity contribution < 1.29 is 14.3 Å². The van der Waals surface area contributed by atoms with Gasteiger partial charge in [-0.1, -0.05) is 18.2 Å². The number of anilines is 1. The fourth-order valence-electron chi connectivity index (χ4n) is 5.66. The summed E-state index contributed by atoms with van der Waals surface area (Å²) in [6, 6.07) is 12.3. The molecule has 2 bridgehead atoms. The number of hydrogen-bond donors (Lipinski definition) is 2. The Morgan fingerprint density at radius 2 is 1.88 bits per heavy atom. The Morgan fingerprint density at radius 1 is 1.08 bits per heavy atom. The van der Waals surface area contributed by atoms with Gasteiger partial charge in [0.25, 0.3) is 0 Å². The molecule has 0 spiro atoms. The van der Waals surface area contributed by atoms with Crippen LogP contribution in [-0.2, 0) is 0 Å². The van der Waals surface area contributed by atoms with Crippen LogP contribution in [-0.4, -0.2) is 11.1 Å². The summed E-state index contributed by atoms with van der Waals surface area (Å²) in [5, 5.41) is 12.9. The van der Waals surface area contributed by atoms with Crippen molar-refractivity contribution in [3.05, 3.63) is 65.0 Å². The predicted molar refractivity (Wildman–Crippen MR) is 93.2 cm³/mol. The van der Waals surface area contributed by atoms with Gasteiger partial charge in [0.2, 0.25) is 0 Å². The zero-order valence-electron chi connectivity index (χ0n) is 13.8. The highest BCUT2D eigenvalue weighted by Crippen LogP contribution is 2.63. The molecule has 3 nitrogen and oxygen atoms in total. The largest absolute Gasteiger partial charge is 0.478 e.